The zero-order chi connectivity index (χ0) is 10.7. The number of hydrogen-bond acceptors (Lipinski definition) is 3. The Morgan fingerprint density at radius 2 is 2.13 bits per heavy atom. The predicted octanol–water partition coefficient (Wildman–Crippen LogP) is 1.97. The van der Waals surface area contributed by atoms with E-state index in [1.54, 1.807) is 30.5 Å². The third-order valence-corrected chi connectivity index (χ3v) is 2.18. The first-order chi connectivity index (χ1) is 7.31. The van der Waals surface area contributed by atoms with Crippen molar-refractivity contribution in [1.29, 1.82) is 0 Å². The van der Waals surface area contributed by atoms with Gasteiger partial charge in [0.1, 0.15) is 17.6 Å². The normalized spacial score (nSPS) is 12.7. The summed E-state index contributed by atoms with van der Waals surface area (Å²) >= 11 is 0. The van der Waals surface area contributed by atoms with Crippen LogP contribution in [0.15, 0.2) is 47.1 Å². The molecule has 1 atom stereocenters. The van der Waals surface area contributed by atoms with Gasteiger partial charge in [-0.15, -0.1) is 0 Å². The molecule has 0 aliphatic rings. The molecule has 78 valence electrons. The van der Waals surface area contributed by atoms with Crippen LogP contribution in [0, 0.1) is 5.82 Å². The summed E-state index contributed by atoms with van der Waals surface area (Å²) in [5.74, 6) is 5.78. The van der Waals surface area contributed by atoms with Crippen LogP contribution in [0.1, 0.15) is 17.4 Å². The molecule has 3 nitrogen and oxygen atoms in total. The lowest BCUT2D eigenvalue weighted by atomic mass is 10.1. The molecule has 1 aromatic carbocycles. The van der Waals surface area contributed by atoms with Crippen molar-refractivity contribution >= 4 is 0 Å². The number of nitrogens with two attached hydrogens (primary N) is 1. The minimum atomic E-state index is -0.323. The molecule has 4 heteroatoms. The molecule has 0 aliphatic heterocycles. The van der Waals surface area contributed by atoms with E-state index in [1.165, 1.54) is 12.1 Å². The van der Waals surface area contributed by atoms with Crippen LogP contribution in [0.5, 0.6) is 0 Å². The van der Waals surface area contributed by atoms with Gasteiger partial charge in [-0.3, -0.25) is 5.84 Å². The standard InChI is InChI=1S/C11H11FN2O/c12-9-4-1-3-8(7-9)11(14-13)10-5-2-6-15-10/h1-7,11,14H,13H2. The van der Waals surface area contributed by atoms with Gasteiger partial charge in [0.05, 0.1) is 6.26 Å². The topological polar surface area (TPSA) is 51.2 Å². The van der Waals surface area contributed by atoms with E-state index >= 15 is 0 Å². The molecule has 1 heterocycles. The lowest BCUT2D eigenvalue weighted by Gasteiger charge is -2.13. The lowest BCUT2D eigenvalue weighted by molar-refractivity contribution is 0.451. The second-order valence-electron chi connectivity index (χ2n) is 3.17. The number of furan rings is 1. The fourth-order valence-corrected chi connectivity index (χ4v) is 1.48. The van der Waals surface area contributed by atoms with Crippen molar-refractivity contribution < 1.29 is 8.81 Å². The van der Waals surface area contributed by atoms with E-state index in [-0.39, 0.29) is 11.9 Å². The highest BCUT2D eigenvalue weighted by Crippen LogP contribution is 2.21. The molecule has 2 aromatic rings. The summed E-state index contributed by atoms with van der Waals surface area (Å²) in [7, 11) is 0. The van der Waals surface area contributed by atoms with Crippen LogP contribution >= 0.6 is 0 Å². The van der Waals surface area contributed by atoms with Crippen LogP contribution in [0.3, 0.4) is 0 Å². The lowest BCUT2D eigenvalue weighted by Crippen LogP contribution is -2.28. The van der Waals surface area contributed by atoms with Crippen LogP contribution < -0.4 is 11.3 Å². The Labute approximate surface area is 86.7 Å². The summed E-state index contributed by atoms with van der Waals surface area (Å²) in [6.45, 7) is 0. The number of benzene rings is 1. The Hall–Kier alpha value is -1.65. The van der Waals surface area contributed by atoms with Gasteiger partial charge < -0.3 is 4.42 Å². The van der Waals surface area contributed by atoms with Gasteiger partial charge in [-0.1, -0.05) is 12.1 Å². The number of halogens is 1. The van der Waals surface area contributed by atoms with Crippen molar-refractivity contribution in [3.63, 3.8) is 0 Å². The quantitative estimate of drug-likeness (QED) is 0.596. The van der Waals surface area contributed by atoms with E-state index in [2.05, 4.69) is 5.43 Å². The maximum Gasteiger partial charge on any atom is 0.126 e. The van der Waals surface area contributed by atoms with Gasteiger partial charge in [-0.2, -0.15) is 0 Å². The maximum absolute atomic E-state index is 13.0. The molecule has 2 rings (SSSR count). The first-order valence-electron chi connectivity index (χ1n) is 4.56. The highest BCUT2D eigenvalue weighted by molar-refractivity contribution is 5.26. The molecule has 1 aromatic heterocycles. The number of hydrazine groups is 1. The first-order valence-corrected chi connectivity index (χ1v) is 4.56. The number of hydrogen-bond donors (Lipinski definition) is 2. The molecule has 1 unspecified atom stereocenters. The van der Waals surface area contributed by atoms with Gasteiger partial charge in [0.2, 0.25) is 0 Å². The average Bonchev–Trinajstić information content (AvgIpc) is 2.72. The number of nitrogens with one attached hydrogen (secondary N) is 1. The van der Waals surface area contributed by atoms with Crippen LogP contribution in [-0.4, -0.2) is 0 Å². The Bertz CT molecular complexity index is 428. The van der Waals surface area contributed by atoms with Crippen LogP contribution in [-0.2, 0) is 0 Å². The van der Waals surface area contributed by atoms with Gasteiger partial charge in [0.15, 0.2) is 0 Å². The van der Waals surface area contributed by atoms with Crippen molar-refractivity contribution in [2.45, 2.75) is 6.04 Å². The molecular weight excluding hydrogens is 195 g/mol. The van der Waals surface area contributed by atoms with Crippen molar-refractivity contribution in [2.24, 2.45) is 5.84 Å². The third-order valence-electron chi connectivity index (χ3n) is 2.18. The molecule has 0 saturated carbocycles. The second kappa shape index (κ2) is 4.25. The monoisotopic (exact) mass is 206 g/mol. The van der Waals surface area contributed by atoms with E-state index in [0.717, 1.165) is 5.56 Å². The van der Waals surface area contributed by atoms with E-state index in [4.69, 9.17) is 10.3 Å². The third kappa shape index (κ3) is 2.06. The fraction of sp³-hybridized carbons (Fsp3) is 0.0909. The minimum absolute atomic E-state index is 0.292. The molecule has 3 N–H and O–H groups in total. The molecule has 0 spiro atoms. The van der Waals surface area contributed by atoms with Gasteiger partial charge in [0, 0.05) is 0 Å². The molecule has 0 amide bonds. The Morgan fingerprint density at radius 1 is 1.27 bits per heavy atom. The molecule has 0 radical (unpaired) electrons. The van der Waals surface area contributed by atoms with Crippen LogP contribution in [0.2, 0.25) is 0 Å². The molecule has 0 bridgehead atoms. The van der Waals surface area contributed by atoms with Crippen LogP contribution in [0.25, 0.3) is 0 Å². The summed E-state index contributed by atoms with van der Waals surface area (Å²) in [4.78, 5) is 0. The summed E-state index contributed by atoms with van der Waals surface area (Å²) in [5.41, 5.74) is 3.32. The highest BCUT2D eigenvalue weighted by atomic mass is 19.1. The minimum Gasteiger partial charge on any atom is -0.467 e. The highest BCUT2D eigenvalue weighted by Gasteiger charge is 2.14. The Kier molecular flexibility index (Phi) is 2.80. The molecular formula is C11H11FN2O. The van der Waals surface area contributed by atoms with Gasteiger partial charge in [0.25, 0.3) is 0 Å². The van der Waals surface area contributed by atoms with Gasteiger partial charge in [-0.05, 0) is 29.8 Å². The fourth-order valence-electron chi connectivity index (χ4n) is 1.48. The van der Waals surface area contributed by atoms with Gasteiger partial charge >= 0.3 is 0 Å². The number of rotatable bonds is 3. The van der Waals surface area contributed by atoms with E-state index in [0.29, 0.717) is 5.76 Å². The maximum atomic E-state index is 13.0. The van der Waals surface area contributed by atoms with E-state index in [9.17, 15) is 4.39 Å². The zero-order valence-corrected chi connectivity index (χ0v) is 7.98. The molecule has 0 aliphatic carbocycles. The summed E-state index contributed by atoms with van der Waals surface area (Å²) in [6.07, 6.45) is 1.55. The van der Waals surface area contributed by atoms with E-state index in [1.807, 2.05) is 0 Å². The van der Waals surface area contributed by atoms with E-state index < -0.39 is 0 Å². The zero-order valence-electron chi connectivity index (χ0n) is 7.98. The van der Waals surface area contributed by atoms with Gasteiger partial charge in [-0.25, -0.2) is 9.82 Å². The molecule has 0 saturated heterocycles. The summed E-state index contributed by atoms with van der Waals surface area (Å²) < 4.78 is 18.2. The van der Waals surface area contributed by atoms with Crippen molar-refractivity contribution in [1.82, 2.24) is 5.43 Å². The van der Waals surface area contributed by atoms with Crippen LogP contribution in [0.4, 0.5) is 4.39 Å². The summed E-state index contributed by atoms with van der Waals surface area (Å²) in [6, 6.07) is 9.46. The smallest absolute Gasteiger partial charge is 0.126 e. The second-order valence-corrected chi connectivity index (χ2v) is 3.17. The van der Waals surface area contributed by atoms with Crippen molar-refractivity contribution in [3.05, 3.63) is 59.8 Å². The predicted molar refractivity (Wildman–Crippen MR) is 54.3 cm³/mol. The first kappa shape index (κ1) is 9.89. The SMILES string of the molecule is NNC(c1cccc(F)c1)c1ccco1. The average molecular weight is 206 g/mol. The van der Waals surface area contributed by atoms with Crippen molar-refractivity contribution in [2.75, 3.05) is 0 Å². The van der Waals surface area contributed by atoms with Crippen molar-refractivity contribution in [3.8, 4) is 0 Å². The summed E-state index contributed by atoms with van der Waals surface area (Å²) in [5, 5.41) is 0. The Balaban J connectivity index is 2.35. The largest absolute Gasteiger partial charge is 0.467 e. The molecule has 15 heavy (non-hydrogen) atoms. The Morgan fingerprint density at radius 3 is 2.73 bits per heavy atom. The molecule has 0 fully saturated rings.